The molecule has 0 heterocycles. The summed E-state index contributed by atoms with van der Waals surface area (Å²) in [5, 5.41) is 0. The molecule has 1 aliphatic carbocycles. The first kappa shape index (κ1) is 8.83. The third-order valence-electron chi connectivity index (χ3n) is 2.48. The Labute approximate surface area is 70.7 Å². The third kappa shape index (κ3) is 3.09. The van der Waals surface area contributed by atoms with Crippen LogP contribution >= 0.6 is 0 Å². The molecule has 0 aromatic rings. The molecule has 0 aromatic carbocycles. The van der Waals surface area contributed by atoms with E-state index in [2.05, 4.69) is 19.6 Å². The zero-order chi connectivity index (χ0) is 8.10. The molecule has 0 aliphatic heterocycles. The molecule has 1 unspecified atom stereocenters. The van der Waals surface area contributed by atoms with Gasteiger partial charge in [-0.3, -0.25) is 0 Å². The van der Waals surface area contributed by atoms with Gasteiger partial charge in [-0.25, -0.2) is 0 Å². The van der Waals surface area contributed by atoms with Crippen molar-refractivity contribution in [2.75, 3.05) is 0 Å². The fourth-order valence-corrected chi connectivity index (χ4v) is 1.62. The molecule has 63 valence electrons. The van der Waals surface area contributed by atoms with E-state index in [0.717, 1.165) is 5.92 Å². The first-order valence-electron chi connectivity index (χ1n) is 4.84. The van der Waals surface area contributed by atoms with Crippen LogP contribution in [0.4, 0.5) is 0 Å². The summed E-state index contributed by atoms with van der Waals surface area (Å²) in [5.41, 5.74) is 0. The van der Waals surface area contributed by atoms with E-state index in [0.29, 0.717) is 0 Å². The number of rotatable bonds is 6. The number of hydrogen-bond donors (Lipinski definition) is 0. The predicted molar refractivity (Wildman–Crippen MR) is 50.3 cm³/mol. The summed E-state index contributed by atoms with van der Waals surface area (Å²) < 4.78 is 0. The maximum atomic E-state index is 3.76. The van der Waals surface area contributed by atoms with Gasteiger partial charge in [0.05, 0.1) is 0 Å². The van der Waals surface area contributed by atoms with Crippen LogP contribution in [0.3, 0.4) is 0 Å². The molecule has 1 radical (unpaired) electrons. The van der Waals surface area contributed by atoms with Gasteiger partial charge >= 0.3 is 0 Å². The Hall–Kier alpha value is -0.260. The standard InChI is InChI=1S/C11H19/c1-3-5-6-8-11-9-10(11)7-4-2/h4,10H,2-3,5-9H2,1H3. The van der Waals surface area contributed by atoms with E-state index in [9.17, 15) is 0 Å². The molecule has 1 fully saturated rings. The summed E-state index contributed by atoms with van der Waals surface area (Å²) in [5.74, 6) is 2.74. The van der Waals surface area contributed by atoms with Crippen molar-refractivity contribution in [3.05, 3.63) is 18.6 Å². The second-order valence-corrected chi connectivity index (χ2v) is 3.54. The van der Waals surface area contributed by atoms with Gasteiger partial charge in [0.15, 0.2) is 0 Å². The van der Waals surface area contributed by atoms with E-state index in [-0.39, 0.29) is 0 Å². The Bertz CT molecular complexity index is 115. The van der Waals surface area contributed by atoms with Gasteiger partial charge in [0.25, 0.3) is 0 Å². The Morgan fingerprint density at radius 1 is 1.55 bits per heavy atom. The summed E-state index contributed by atoms with van der Waals surface area (Å²) in [7, 11) is 0. The van der Waals surface area contributed by atoms with Gasteiger partial charge in [-0.2, -0.15) is 0 Å². The van der Waals surface area contributed by atoms with E-state index < -0.39 is 0 Å². The van der Waals surface area contributed by atoms with Crippen molar-refractivity contribution in [1.82, 2.24) is 0 Å². The second-order valence-electron chi connectivity index (χ2n) is 3.54. The third-order valence-corrected chi connectivity index (χ3v) is 2.48. The van der Waals surface area contributed by atoms with Crippen LogP contribution in [0.1, 0.15) is 45.4 Å². The van der Waals surface area contributed by atoms with E-state index in [1.54, 1.807) is 5.92 Å². The summed E-state index contributed by atoms with van der Waals surface area (Å²) in [6.45, 7) is 6.02. The maximum Gasteiger partial charge on any atom is -0.0204 e. The van der Waals surface area contributed by atoms with Crippen LogP contribution in [0.2, 0.25) is 0 Å². The van der Waals surface area contributed by atoms with Crippen molar-refractivity contribution in [2.24, 2.45) is 5.92 Å². The fourth-order valence-electron chi connectivity index (χ4n) is 1.62. The minimum atomic E-state index is 0.935. The Morgan fingerprint density at radius 3 is 3.00 bits per heavy atom. The molecule has 0 nitrogen and oxygen atoms in total. The lowest BCUT2D eigenvalue weighted by molar-refractivity contribution is 0.688. The lowest BCUT2D eigenvalue weighted by atomic mass is 10.1. The molecule has 0 N–H and O–H groups in total. The summed E-state index contributed by atoms with van der Waals surface area (Å²) in [6, 6.07) is 0. The van der Waals surface area contributed by atoms with Crippen LogP contribution in [0.25, 0.3) is 0 Å². The fraction of sp³-hybridized carbons (Fsp3) is 0.727. The van der Waals surface area contributed by atoms with Crippen LogP contribution in [0, 0.1) is 11.8 Å². The number of allylic oxidation sites excluding steroid dienone is 1. The smallest absolute Gasteiger partial charge is 0.0204 e. The average Bonchev–Trinajstić information content (AvgIpc) is 2.70. The highest BCUT2D eigenvalue weighted by Gasteiger charge is 2.35. The largest absolute Gasteiger partial charge is 0.103 e. The van der Waals surface area contributed by atoms with E-state index in [4.69, 9.17) is 0 Å². The molecule has 1 saturated carbocycles. The van der Waals surface area contributed by atoms with Crippen LogP contribution < -0.4 is 0 Å². The summed E-state index contributed by atoms with van der Waals surface area (Å²) >= 11 is 0. The summed E-state index contributed by atoms with van der Waals surface area (Å²) in [6.07, 6.45) is 10.2. The Morgan fingerprint density at radius 2 is 2.36 bits per heavy atom. The SMILES string of the molecule is C=CCC1C[C]1CCCCC. The Kier molecular flexibility index (Phi) is 3.68. The second kappa shape index (κ2) is 4.58. The monoisotopic (exact) mass is 151 g/mol. The van der Waals surface area contributed by atoms with Gasteiger partial charge in [-0.15, -0.1) is 6.58 Å². The van der Waals surface area contributed by atoms with Crippen LogP contribution in [-0.4, -0.2) is 0 Å². The van der Waals surface area contributed by atoms with Gasteiger partial charge in [-0.05, 0) is 31.1 Å². The van der Waals surface area contributed by atoms with Crippen molar-refractivity contribution < 1.29 is 0 Å². The normalized spacial score (nSPS) is 23.5. The molecule has 1 rings (SSSR count). The minimum Gasteiger partial charge on any atom is -0.103 e. The van der Waals surface area contributed by atoms with Crippen molar-refractivity contribution >= 4 is 0 Å². The zero-order valence-corrected chi connectivity index (χ0v) is 7.60. The highest BCUT2D eigenvalue weighted by Crippen LogP contribution is 2.47. The zero-order valence-electron chi connectivity index (χ0n) is 7.60. The van der Waals surface area contributed by atoms with Crippen molar-refractivity contribution in [1.29, 1.82) is 0 Å². The van der Waals surface area contributed by atoms with Crippen LogP contribution in [0.15, 0.2) is 12.7 Å². The number of hydrogen-bond acceptors (Lipinski definition) is 0. The first-order valence-corrected chi connectivity index (χ1v) is 4.84. The molecular formula is C11H19. The molecule has 0 aromatic heterocycles. The predicted octanol–water partition coefficient (Wildman–Crippen LogP) is 3.74. The molecule has 1 atom stereocenters. The summed E-state index contributed by atoms with van der Waals surface area (Å²) in [4.78, 5) is 0. The molecule has 0 amide bonds. The van der Waals surface area contributed by atoms with E-state index in [1.807, 2.05) is 0 Å². The molecule has 0 spiro atoms. The highest BCUT2D eigenvalue weighted by molar-refractivity contribution is 5.14. The van der Waals surface area contributed by atoms with Crippen LogP contribution in [0.5, 0.6) is 0 Å². The molecule has 11 heavy (non-hydrogen) atoms. The van der Waals surface area contributed by atoms with Crippen molar-refractivity contribution in [3.63, 3.8) is 0 Å². The molecule has 0 heteroatoms. The molecule has 0 saturated heterocycles. The van der Waals surface area contributed by atoms with Gasteiger partial charge in [-0.1, -0.05) is 32.3 Å². The topological polar surface area (TPSA) is 0 Å². The number of unbranched alkanes of at least 4 members (excludes halogenated alkanes) is 2. The quantitative estimate of drug-likeness (QED) is 0.401. The lowest BCUT2D eigenvalue weighted by Gasteiger charge is -1.95. The average molecular weight is 151 g/mol. The minimum absolute atomic E-state index is 0.935. The van der Waals surface area contributed by atoms with Gasteiger partial charge < -0.3 is 0 Å². The van der Waals surface area contributed by atoms with Gasteiger partial charge in [0, 0.05) is 0 Å². The molecule has 1 aliphatic rings. The van der Waals surface area contributed by atoms with Crippen molar-refractivity contribution in [2.45, 2.75) is 45.4 Å². The van der Waals surface area contributed by atoms with E-state index >= 15 is 0 Å². The van der Waals surface area contributed by atoms with Crippen molar-refractivity contribution in [3.8, 4) is 0 Å². The molecule has 0 bridgehead atoms. The highest BCUT2D eigenvalue weighted by atomic mass is 14.4. The molecular weight excluding hydrogens is 132 g/mol. The lowest BCUT2D eigenvalue weighted by Crippen LogP contribution is -1.80. The Balaban J connectivity index is 1.91. The van der Waals surface area contributed by atoms with Gasteiger partial charge in [0.1, 0.15) is 0 Å². The maximum absolute atomic E-state index is 3.76. The van der Waals surface area contributed by atoms with Crippen LogP contribution in [-0.2, 0) is 0 Å². The van der Waals surface area contributed by atoms with E-state index in [1.165, 1.54) is 38.5 Å². The van der Waals surface area contributed by atoms with Gasteiger partial charge in [0.2, 0.25) is 0 Å². The first-order chi connectivity index (χ1) is 5.38.